The smallest absolute Gasteiger partial charge is 0.268 e. The molecule has 0 spiro atoms. The fraction of sp³-hybridized carbons (Fsp3) is 0.455. The predicted octanol–water partition coefficient (Wildman–Crippen LogP) is 1.44. The van der Waals surface area contributed by atoms with Gasteiger partial charge in [0.15, 0.2) is 0 Å². The second-order valence-corrected chi connectivity index (χ2v) is 3.86. The third-order valence-corrected chi connectivity index (χ3v) is 2.65. The van der Waals surface area contributed by atoms with Gasteiger partial charge in [-0.05, 0) is 37.8 Å². The van der Waals surface area contributed by atoms with E-state index in [2.05, 4.69) is 0 Å². The van der Waals surface area contributed by atoms with E-state index in [9.17, 15) is 4.79 Å². The minimum Gasteiger partial charge on any atom is -0.312 e. The standard InChI is InChI=1S/C11H12N2O/c1-8-2-5-10(6-12)11(14)13(8)7-9-3-4-9/h2,5,9H,3-4,7H2,1H3. The number of nitriles is 1. The molecule has 3 heteroatoms. The lowest BCUT2D eigenvalue weighted by molar-refractivity contribution is 0.590. The van der Waals surface area contributed by atoms with Crippen LogP contribution in [0.1, 0.15) is 24.1 Å². The van der Waals surface area contributed by atoms with Gasteiger partial charge in [-0.3, -0.25) is 4.79 Å². The molecule has 3 nitrogen and oxygen atoms in total. The van der Waals surface area contributed by atoms with Crippen LogP contribution < -0.4 is 5.56 Å². The number of pyridine rings is 1. The molecule has 0 N–H and O–H groups in total. The molecule has 14 heavy (non-hydrogen) atoms. The first-order chi connectivity index (χ1) is 6.72. The Morgan fingerprint density at radius 2 is 2.29 bits per heavy atom. The fourth-order valence-corrected chi connectivity index (χ4v) is 1.54. The number of aromatic nitrogens is 1. The molecule has 1 aliphatic carbocycles. The van der Waals surface area contributed by atoms with Crippen molar-refractivity contribution in [1.29, 1.82) is 5.26 Å². The summed E-state index contributed by atoms with van der Waals surface area (Å²) in [6.45, 7) is 2.69. The van der Waals surface area contributed by atoms with E-state index in [4.69, 9.17) is 5.26 Å². The molecule has 1 aromatic rings. The highest BCUT2D eigenvalue weighted by atomic mass is 16.1. The van der Waals surface area contributed by atoms with Crippen LogP contribution in [0.25, 0.3) is 0 Å². The highest BCUT2D eigenvalue weighted by molar-refractivity contribution is 5.27. The average Bonchev–Trinajstić information content (AvgIpc) is 2.96. The van der Waals surface area contributed by atoms with Crippen LogP contribution in [0.5, 0.6) is 0 Å². The molecule has 0 radical (unpaired) electrons. The van der Waals surface area contributed by atoms with Gasteiger partial charge in [0.2, 0.25) is 0 Å². The summed E-state index contributed by atoms with van der Waals surface area (Å²) in [7, 11) is 0. The van der Waals surface area contributed by atoms with E-state index < -0.39 is 0 Å². The molecular weight excluding hydrogens is 176 g/mol. The van der Waals surface area contributed by atoms with Crippen molar-refractivity contribution in [2.75, 3.05) is 0 Å². The van der Waals surface area contributed by atoms with Crippen LogP contribution in [-0.4, -0.2) is 4.57 Å². The van der Waals surface area contributed by atoms with E-state index in [-0.39, 0.29) is 11.1 Å². The minimum absolute atomic E-state index is 0.139. The Hall–Kier alpha value is -1.56. The third-order valence-electron chi connectivity index (χ3n) is 2.65. The van der Waals surface area contributed by atoms with Gasteiger partial charge in [-0.25, -0.2) is 0 Å². The monoisotopic (exact) mass is 188 g/mol. The maximum atomic E-state index is 11.7. The van der Waals surface area contributed by atoms with E-state index in [1.54, 1.807) is 10.6 Å². The molecule has 0 unspecified atom stereocenters. The maximum Gasteiger partial charge on any atom is 0.268 e. The molecule has 1 saturated carbocycles. The summed E-state index contributed by atoms with van der Waals surface area (Å²) in [6, 6.07) is 5.36. The molecule has 1 fully saturated rings. The van der Waals surface area contributed by atoms with Crippen LogP contribution in [-0.2, 0) is 6.54 Å². The predicted molar refractivity (Wildman–Crippen MR) is 52.9 cm³/mol. The van der Waals surface area contributed by atoms with E-state index >= 15 is 0 Å². The zero-order valence-corrected chi connectivity index (χ0v) is 8.16. The molecule has 1 aliphatic rings. The summed E-state index contributed by atoms with van der Waals surface area (Å²) in [5.74, 6) is 0.653. The van der Waals surface area contributed by atoms with Gasteiger partial charge in [0.25, 0.3) is 5.56 Å². The first kappa shape index (κ1) is 9.01. The van der Waals surface area contributed by atoms with Crippen LogP contribution in [0.2, 0.25) is 0 Å². The van der Waals surface area contributed by atoms with E-state index in [1.807, 2.05) is 19.1 Å². The number of rotatable bonds is 2. The maximum absolute atomic E-state index is 11.7. The van der Waals surface area contributed by atoms with Gasteiger partial charge in [0.1, 0.15) is 11.6 Å². The largest absolute Gasteiger partial charge is 0.312 e. The number of hydrogen-bond donors (Lipinski definition) is 0. The summed E-state index contributed by atoms with van der Waals surface area (Å²) in [5.41, 5.74) is 1.05. The molecule has 0 saturated heterocycles. The Kier molecular flexibility index (Phi) is 2.12. The first-order valence-corrected chi connectivity index (χ1v) is 4.83. The van der Waals surface area contributed by atoms with E-state index in [1.165, 1.54) is 12.8 Å². The molecule has 0 bridgehead atoms. The average molecular weight is 188 g/mol. The van der Waals surface area contributed by atoms with Crippen molar-refractivity contribution < 1.29 is 0 Å². The van der Waals surface area contributed by atoms with Crippen LogP contribution >= 0.6 is 0 Å². The van der Waals surface area contributed by atoms with Crippen molar-refractivity contribution in [2.45, 2.75) is 26.3 Å². The van der Waals surface area contributed by atoms with Gasteiger partial charge in [-0.2, -0.15) is 5.26 Å². The van der Waals surface area contributed by atoms with Crippen molar-refractivity contribution in [1.82, 2.24) is 4.57 Å². The summed E-state index contributed by atoms with van der Waals surface area (Å²) >= 11 is 0. The Labute approximate surface area is 82.6 Å². The number of aryl methyl sites for hydroxylation is 1. The van der Waals surface area contributed by atoms with Crippen molar-refractivity contribution in [3.05, 3.63) is 33.7 Å². The van der Waals surface area contributed by atoms with Crippen LogP contribution in [0.3, 0.4) is 0 Å². The number of hydrogen-bond acceptors (Lipinski definition) is 2. The first-order valence-electron chi connectivity index (χ1n) is 4.83. The summed E-state index contributed by atoms with van der Waals surface area (Å²) in [6.07, 6.45) is 2.42. The van der Waals surface area contributed by atoms with Crippen LogP contribution in [0.4, 0.5) is 0 Å². The second-order valence-electron chi connectivity index (χ2n) is 3.86. The molecular formula is C11H12N2O. The van der Waals surface area contributed by atoms with Gasteiger partial charge < -0.3 is 4.57 Å². The Morgan fingerprint density at radius 3 is 2.86 bits per heavy atom. The van der Waals surface area contributed by atoms with Crippen LogP contribution in [0.15, 0.2) is 16.9 Å². The van der Waals surface area contributed by atoms with Crippen molar-refractivity contribution >= 4 is 0 Å². The minimum atomic E-state index is -0.139. The Bertz CT molecular complexity index is 449. The van der Waals surface area contributed by atoms with Gasteiger partial charge in [0.05, 0.1) is 0 Å². The summed E-state index contributed by atoms with van der Waals surface area (Å²) in [4.78, 5) is 11.7. The molecule has 0 aliphatic heterocycles. The lowest BCUT2D eigenvalue weighted by Gasteiger charge is -2.08. The molecule has 1 aromatic heterocycles. The molecule has 2 rings (SSSR count). The topological polar surface area (TPSA) is 45.8 Å². The quantitative estimate of drug-likeness (QED) is 0.705. The van der Waals surface area contributed by atoms with Gasteiger partial charge in [-0.1, -0.05) is 0 Å². The Balaban J connectivity index is 2.45. The SMILES string of the molecule is Cc1ccc(C#N)c(=O)n1CC1CC1. The van der Waals surface area contributed by atoms with Gasteiger partial charge in [-0.15, -0.1) is 0 Å². The van der Waals surface area contributed by atoms with E-state index in [0.717, 1.165) is 12.2 Å². The van der Waals surface area contributed by atoms with Gasteiger partial charge in [0, 0.05) is 12.2 Å². The zero-order valence-electron chi connectivity index (χ0n) is 8.16. The summed E-state index contributed by atoms with van der Waals surface area (Å²) in [5, 5.41) is 8.72. The lowest BCUT2D eigenvalue weighted by Crippen LogP contribution is -2.25. The van der Waals surface area contributed by atoms with Crippen molar-refractivity contribution in [2.24, 2.45) is 5.92 Å². The molecule has 0 aromatic carbocycles. The normalized spacial score (nSPS) is 15.1. The van der Waals surface area contributed by atoms with Gasteiger partial charge >= 0.3 is 0 Å². The molecule has 72 valence electrons. The third kappa shape index (κ3) is 1.56. The lowest BCUT2D eigenvalue weighted by atomic mass is 10.2. The van der Waals surface area contributed by atoms with Crippen LogP contribution in [0, 0.1) is 24.2 Å². The van der Waals surface area contributed by atoms with Crippen molar-refractivity contribution in [3.63, 3.8) is 0 Å². The highest BCUT2D eigenvalue weighted by Crippen LogP contribution is 2.30. The molecule has 0 atom stereocenters. The summed E-state index contributed by atoms with van der Waals surface area (Å²) < 4.78 is 1.72. The molecule has 0 amide bonds. The molecule has 1 heterocycles. The Morgan fingerprint density at radius 1 is 1.57 bits per heavy atom. The van der Waals surface area contributed by atoms with Crippen molar-refractivity contribution in [3.8, 4) is 6.07 Å². The zero-order chi connectivity index (χ0) is 10.1. The van der Waals surface area contributed by atoms with E-state index in [0.29, 0.717) is 5.92 Å². The fourth-order valence-electron chi connectivity index (χ4n) is 1.54. The number of nitrogens with zero attached hydrogens (tertiary/aromatic N) is 2. The highest BCUT2D eigenvalue weighted by Gasteiger charge is 2.23. The second kappa shape index (κ2) is 3.30.